The molecule has 2 saturated heterocycles. The first-order chi connectivity index (χ1) is 12.3. The molecule has 6 heteroatoms. The molecule has 3 heterocycles. The number of ether oxygens (including phenoxy) is 3. The van der Waals surface area contributed by atoms with Crippen molar-refractivity contribution in [3.63, 3.8) is 0 Å². The third-order valence-corrected chi connectivity index (χ3v) is 4.98. The lowest BCUT2D eigenvalue weighted by Crippen LogP contribution is -2.50. The highest BCUT2D eigenvalue weighted by Gasteiger charge is 2.24. The number of carbonyl (C=O) groups is 1. The summed E-state index contributed by atoms with van der Waals surface area (Å²) in [7, 11) is 0. The zero-order valence-electron chi connectivity index (χ0n) is 14.4. The van der Waals surface area contributed by atoms with Gasteiger partial charge >= 0.3 is 0 Å². The fraction of sp³-hybridized carbons (Fsp3) is 0.526. The average molecular weight is 344 g/mol. The molecule has 2 fully saturated rings. The fourth-order valence-electron chi connectivity index (χ4n) is 3.52. The molecule has 3 aliphatic rings. The molecule has 3 aliphatic heterocycles. The Hall–Kier alpha value is -2.05. The number of benzene rings is 1. The first-order valence-electron chi connectivity index (χ1n) is 8.98. The molecule has 1 unspecified atom stereocenters. The quantitative estimate of drug-likeness (QED) is 0.779. The number of piperazine rings is 1. The Morgan fingerprint density at radius 2 is 2.00 bits per heavy atom. The van der Waals surface area contributed by atoms with Crippen LogP contribution in [0.25, 0.3) is 6.08 Å². The van der Waals surface area contributed by atoms with Gasteiger partial charge in [0.05, 0.1) is 6.10 Å². The summed E-state index contributed by atoms with van der Waals surface area (Å²) in [5, 5.41) is 0. The van der Waals surface area contributed by atoms with Crippen LogP contribution in [0.4, 0.5) is 0 Å². The Morgan fingerprint density at radius 1 is 1.16 bits per heavy atom. The maximum atomic E-state index is 12.4. The van der Waals surface area contributed by atoms with Crippen molar-refractivity contribution in [2.24, 2.45) is 0 Å². The largest absolute Gasteiger partial charge is 0.454 e. The van der Waals surface area contributed by atoms with Gasteiger partial charge in [0.25, 0.3) is 0 Å². The summed E-state index contributed by atoms with van der Waals surface area (Å²) in [4.78, 5) is 16.7. The minimum atomic E-state index is 0.0643. The van der Waals surface area contributed by atoms with E-state index in [0.717, 1.165) is 62.8 Å². The molecule has 0 aliphatic carbocycles. The highest BCUT2D eigenvalue weighted by Crippen LogP contribution is 2.32. The summed E-state index contributed by atoms with van der Waals surface area (Å²) in [6.45, 7) is 5.54. The molecule has 0 aromatic heterocycles. The van der Waals surface area contributed by atoms with Crippen molar-refractivity contribution >= 4 is 12.0 Å². The number of fused-ring (bicyclic) bond motifs is 1. The van der Waals surface area contributed by atoms with Gasteiger partial charge in [-0.05, 0) is 36.6 Å². The van der Waals surface area contributed by atoms with E-state index in [4.69, 9.17) is 14.2 Å². The molecule has 0 saturated carbocycles. The predicted molar refractivity (Wildman–Crippen MR) is 93.6 cm³/mol. The van der Waals surface area contributed by atoms with E-state index in [2.05, 4.69) is 4.90 Å². The minimum absolute atomic E-state index is 0.0643. The summed E-state index contributed by atoms with van der Waals surface area (Å²) < 4.78 is 16.4. The molecule has 134 valence electrons. The normalized spacial score (nSPS) is 23.5. The van der Waals surface area contributed by atoms with E-state index in [1.54, 1.807) is 6.08 Å². The predicted octanol–water partition coefficient (Wildman–Crippen LogP) is 1.75. The van der Waals surface area contributed by atoms with Gasteiger partial charge in [-0.2, -0.15) is 0 Å². The van der Waals surface area contributed by atoms with Crippen LogP contribution in [0.3, 0.4) is 0 Å². The van der Waals surface area contributed by atoms with Gasteiger partial charge in [0, 0.05) is 45.4 Å². The van der Waals surface area contributed by atoms with Gasteiger partial charge in [-0.1, -0.05) is 6.07 Å². The number of rotatable bonds is 4. The molecular weight excluding hydrogens is 320 g/mol. The van der Waals surface area contributed by atoms with Crippen molar-refractivity contribution in [3.8, 4) is 11.5 Å². The van der Waals surface area contributed by atoms with Crippen LogP contribution in [-0.4, -0.2) is 67.9 Å². The van der Waals surface area contributed by atoms with E-state index in [1.165, 1.54) is 6.42 Å². The lowest BCUT2D eigenvalue weighted by Gasteiger charge is -2.35. The maximum absolute atomic E-state index is 12.4. The molecule has 25 heavy (non-hydrogen) atoms. The Morgan fingerprint density at radius 3 is 2.80 bits per heavy atom. The molecule has 0 spiro atoms. The van der Waals surface area contributed by atoms with E-state index >= 15 is 0 Å². The molecule has 6 nitrogen and oxygen atoms in total. The second-order valence-corrected chi connectivity index (χ2v) is 6.71. The smallest absolute Gasteiger partial charge is 0.246 e. The van der Waals surface area contributed by atoms with Crippen molar-refractivity contribution in [1.82, 2.24) is 9.80 Å². The lowest BCUT2D eigenvalue weighted by molar-refractivity contribution is -0.127. The lowest BCUT2D eigenvalue weighted by atomic mass is 10.2. The van der Waals surface area contributed by atoms with Crippen LogP contribution in [-0.2, 0) is 9.53 Å². The first-order valence-corrected chi connectivity index (χ1v) is 8.98. The Kier molecular flexibility index (Phi) is 4.90. The van der Waals surface area contributed by atoms with Gasteiger partial charge in [0.1, 0.15) is 0 Å². The molecule has 1 aromatic carbocycles. The summed E-state index contributed by atoms with van der Waals surface area (Å²) >= 11 is 0. The van der Waals surface area contributed by atoms with Crippen molar-refractivity contribution in [2.75, 3.05) is 46.1 Å². The van der Waals surface area contributed by atoms with Crippen molar-refractivity contribution in [3.05, 3.63) is 29.8 Å². The number of hydrogen-bond acceptors (Lipinski definition) is 5. The fourth-order valence-corrected chi connectivity index (χ4v) is 3.52. The van der Waals surface area contributed by atoms with Crippen LogP contribution in [0.2, 0.25) is 0 Å². The van der Waals surface area contributed by atoms with Crippen LogP contribution < -0.4 is 9.47 Å². The molecule has 1 atom stereocenters. The van der Waals surface area contributed by atoms with Crippen LogP contribution in [0.15, 0.2) is 24.3 Å². The van der Waals surface area contributed by atoms with Gasteiger partial charge in [0.15, 0.2) is 11.5 Å². The second kappa shape index (κ2) is 7.45. The standard InChI is InChI=1S/C19H24N2O4/c22-19(6-4-15-3-5-17-18(12-15)25-14-24-17)21-9-7-20(8-10-21)13-16-2-1-11-23-16/h3-6,12,16H,1-2,7-11,13-14H2/b6-4+. The van der Waals surface area contributed by atoms with Crippen molar-refractivity contribution < 1.29 is 19.0 Å². The third kappa shape index (κ3) is 3.96. The van der Waals surface area contributed by atoms with E-state index in [-0.39, 0.29) is 12.7 Å². The third-order valence-electron chi connectivity index (χ3n) is 4.98. The zero-order valence-corrected chi connectivity index (χ0v) is 14.4. The highest BCUT2D eigenvalue weighted by atomic mass is 16.7. The van der Waals surface area contributed by atoms with Crippen LogP contribution in [0, 0.1) is 0 Å². The van der Waals surface area contributed by atoms with E-state index in [0.29, 0.717) is 6.10 Å². The van der Waals surface area contributed by atoms with Gasteiger partial charge in [-0.15, -0.1) is 0 Å². The number of amides is 1. The molecular formula is C19H24N2O4. The van der Waals surface area contributed by atoms with Crippen molar-refractivity contribution in [2.45, 2.75) is 18.9 Å². The van der Waals surface area contributed by atoms with Crippen LogP contribution in [0.5, 0.6) is 11.5 Å². The summed E-state index contributed by atoms with van der Waals surface area (Å²) in [5.74, 6) is 1.55. The van der Waals surface area contributed by atoms with E-state index < -0.39 is 0 Å². The molecule has 1 amide bonds. The molecule has 0 N–H and O–H groups in total. The van der Waals surface area contributed by atoms with Gasteiger partial charge in [0.2, 0.25) is 12.7 Å². The Balaban J connectivity index is 1.27. The summed E-state index contributed by atoms with van der Waals surface area (Å²) in [6, 6.07) is 5.69. The van der Waals surface area contributed by atoms with E-state index in [1.807, 2.05) is 29.2 Å². The second-order valence-electron chi connectivity index (χ2n) is 6.71. The SMILES string of the molecule is O=C(/C=C/c1ccc2c(c1)OCO2)N1CCN(CC2CCCO2)CC1. The van der Waals surface area contributed by atoms with Gasteiger partial charge < -0.3 is 19.1 Å². The molecule has 4 rings (SSSR count). The zero-order chi connectivity index (χ0) is 17.1. The summed E-state index contributed by atoms with van der Waals surface area (Å²) in [5.41, 5.74) is 0.939. The average Bonchev–Trinajstić information content (AvgIpc) is 3.31. The molecule has 0 radical (unpaired) electrons. The first kappa shape index (κ1) is 16.4. The number of nitrogens with zero attached hydrogens (tertiary/aromatic N) is 2. The Labute approximate surface area is 147 Å². The molecule has 0 bridgehead atoms. The van der Waals surface area contributed by atoms with Gasteiger partial charge in [-0.3, -0.25) is 9.69 Å². The van der Waals surface area contributed by atoms with Gasteiger partial charge in [-0.25, -0.2) is 0 Å². The topological polar surface area (TPSA) is 51.2 Å². The highest BCUT2D eigenvalue weighted by molar-refractivity contribution is 5.92. The monoisotopic (exact) mass is 344 g/mol. The number of hydrogen-bond donors (Lipinski definition) is 0. The van der Waals surface area contributed by atoms with E-state index in [9.17, 15) is 4.79 Å². The molecule has 1 aromatic rings. The Bertz CT molecular complexity index is 647. The van der Waals surface area contributed by atoms with Crippen LogP contribution >= 0.6 is 0 Å². The maximum Gasteiger partial charge on any atom is 0.246 e. The number of carbonyl (C=O) groups excluding carboxylic acids is 1. The van der Waals surface area contributed by atoms with Crippen molar-refractivity contribution in [1.29, 1.82) is 0 Å². The minimum Gasteiger partial charge on any atom is -0.454 e. The summed E-state index contributed by atoms with van der Waals surface area (Å²) in [6.07, 6.45) is 6.20. The van der Waals surface area contributed by atoms with Crippen LogP contribution in [0.1, 0.15) is 18.4 Å².